The van der Waals surface area contributed by atoms with Crippen LogP contribution in [0, 0.1) is 0 Å². The van der Waals surface area contributed by atoms with E-state index in [1.165, 1.54) is 19.1 Å². The zero-order valence-electron chi connectivity index (χ0n) is 8.04. The van der Waals surface area contributed by atoms with Crippen molar-refractivity contribution in [3.63, 3.8) is 0 Å². The summed E-state index contributed by atoms with van der Waals surface area (Å²) >= 11 is 0. The molecule has 0 amide bonds. The zero-order valence-corrected chi connectivity index (χ0v) is 8.86. The predicted molar refractivity (Wildman–Crippen MR) is 53.1 cm³/mol. The van der Waals surface area contributed by atoms with Crippen LogP contribution in [0.1, 0.15) is 25.7 Å². The van der Waals surface area contributed by atoms with Gasteiger partial charge in [-0.2, -0.15) is 0 Å². The van der Waals surface area contributed by atoms with Gasteiger partial charge >= 0.3 is 0 Å². The first kappa shape index (κ1) is 10.9. The topological polar surface area (TPSA) is 58.2 Å². The van der Waals surface area contributed by atoms with Crippen LogP contribution in [0.3, 0.4) is 0 Å². The van der Waals surface area contributed by atoms with E-state index in [-0.39, 0.29) is 0 Å². The van der Waals surface area contributed by atoms with Crippen molar-refractivity contribution < 1.29 is 8.42 Å². The molecule has 1 aliphatic heterocycles. The normalized spacial score (nSPS) is 23.6. The van der Waals surface area contributed by atoms with Gasteiger partial charge < -0.3 is 5.32 Å². The Morgan fingerprint density at radius 3 is 2.85 bits per heavy atom. The summed E-state index contributed by atoms with van der Waals surface area (Å²) in [5, 5.41) is 3.38. The van der Waals surface area contributed by atoms with E-state index in [1.54, 1.807) is 0 Å². The Morgan fingerprint density at radius 1 is 1.54 bits per heavy atom. The second kappa shape index (κ2) is 4.93. The summed E-state index contributed by atoms with van der Waals surface area (Å²) in [6.07, 6.45) is 5.68. The van der Waals surface area contributed by atoms with Crippen LogP contribution < -0.4 is 10.0 Å². The summed E-state index contributed by atoms with van der Waals surface area (Å²) in [7, 11) is -2.99. The molecule has 1 atom stereocenters. The predicted octanol–water partition coefficient (Wildman–Crippen LogP) is 0.0678. The monoisotopic (exact) mass is 206 g/mol. The van der Waals surface area contributed by atoms with Crippen molar-refractivity contribution in [3.8, 4) is 0 Å². The van der Waals surface area contributed by atoms with Crippen molar-refractivity contribution in [3.05, 3.63) is 0 Å². The quantitative estimate of drug-likeness (QED) is 0.626. The molecule has 13 heavy (non-hydrogen) atoms. The molecule has 5 heteroatoms. The van der Waals surface area contributed by atoms with Gasteiger partial charge in [0.05, 0.1) is 6.26 Å². The maximum Gasteiger partial charge on any atom is 0.208 e. The highest BCUT2D eigenvalue weighted by atomic mass is 32.2. The van der Waals surface area contributed by atoms with Gasteiger partial charge in [0.1, 0.15) is 0 Å². The van der Waals surface area contributed by atoms with E-state index in [9.17, 15) is 8.42 Å². The average molecular weight is 206 g/mol. The number of rotatable bonds is 5. The SMILES string of the molecule is CS(=O)(=O)NCCCC1CCCN1. The Labute approximate surface area is 80.1 Å². The Kier molecular flexibility index (Phi) is 4.15. The molecule has 0 spiro atoms. The fraction of sp³-hybridized carbons (Fsp3) is 1.00. The molecule has 0 saturated carbocycles. The van der Waals surface area contributed by atoms with Gasteiger partial charge in [0.2, 0.25) is 10.0 Å². The molecule has 1 unspecified atom stereocenters. The summed E-state index contributed by atoms with van der Waals surface area (Å²) in [5.74, 6) is 0. The molecule has 0 bridgehead atoms. The van der Waals surface area contributed by atoms with Crippen LogP contribution in [0.15, 0.2) is 0 Å². The van der Waals surface area contributed by atoms with E-state index < -0.39 is 10.0 Å². The second-order valence-electron chi connectivity index (χ2n) is 3.60. The number of nitrogens with one attached hydrogen (secondary N) is 2. The van der Waals surface area contributed by atoms with Gasteiger partial charge in [0.15, 0.2) is 0 Å². The lowest BCUT2D eigenvalue weighted by atomic mass is 10.1. The van der Waals surface area contributed by atoms with E-state index in [0.717, 1.165) is 19.4 Å². The highest BCUT2D eigenvalue weighted by molar-refractivity contribution is 7.88. The van der Waals surface area contributed by atoms with Crippen LogP contribution in [0.5, 0.6) is 0 Å². The molecule has 0 aromatic rings. The van der Waals surface area contributed by atoms with Crippen molar-refractivity contribution >= 4 is 10.0 Å². The largest absolute Gasteiger partial charge is 0.314 e. The molecule has 4 nitrogen and oxygen atoms in total. The standard InChI is InChI=1S/C8H18N2O2S/c1-13(11,12)10-7-3-5-8-4-2-6-9-8/h8-10H,2-7H2,1H3. The van der Waals surface area contributed by atoms with Crippen molar-refractivity contribution in [1.29, 1.82) is 0 Å². The molecule has 0 radical (unpaired) electrons. The molecule has 78 valence electrons. The van der Waals surface area contributed by atoms with Crippen molar-refractivity contribution in [1.82, 2.24) is 10.0 Å². The Hall–Kier alpha value is -0.130. The Morgan fingerprint density at radius 2 is 2.31 bits per heavy atom. The fourth-order valence-corrected chi connectivity index (χ4v) is 2.12. The number of sulfonamides is 1. The van der Waals surface area contributed by atoms with Crippen LogP contribution in [0.4, 0.5) is 0 Å². The Balaban J connectivity index is 2.01. The van der Waals surface area contributed by atoms with Gasteiger partial charge in [-0.1, -0.05) is 0 Å². The maximum absolute atomic E-state index is 10.7. The van der Waals surface area contributed by atoms with Crippen molar-refractivity contribution in [2.75, 3.05) is 19.3 Å². The summed E-state index contributed by atoms with van der Waals surface area (Å²) in [5.41, 5.74) is 0. The maximum atomic E-state index is 10.7. The van der Waals surface area contributed by atoms with Crippen molar-refractivity contribution in [2.24, 2.45) is 0 Å². The van der Waals surface area contributed by atoms with Gasteiger partial charge in [-0.3, -0.25) is 0 Å². The molecule has 1 rings (SSSR count). The van der Waals surface area contributed by atoms with Gasteiger partial charge in [0.25, 0.3) is 0 Å². The van der Waals surface area contributed by atoms with E-state index >= 15 is 0 Å². The van der Waals surface area contributed by atoms with E-state index in [0.29, 0.717) is 12.6 Å². The van der Waals surface area contributed by atoms with Crippen LogP contribution in [-0.4, -0.2) is 33.8 Å². The highest BCUT2D eigenvalue weighted by Crippen LogP contribution is 2.09. The fourth-order valence-electron chi connectivity index (χ4n) is 1.61. The second-order valence-corrected chi connectivity index (χ2v) is 5.44. The van der Waals surface area contributed by atoms with Crippen LogP contribution in [0.25, 0.3) is 0 Å². The Bertz CT molecular complexity index is 233. The lowest BCUT2D eigenvalue weighted by Crippen LogP contribution is -2.26. The van der Waals surface area contributed by atoms with Crippen molar-refractivity contribution in [2.45, 2.75) is 31.7 Å². The first-order valence-corrected chi connectivity index (χ1v) is 6.65. The third kappa shape index (κ3) is 5.23. The molecule has 1 aliphatic rings. The third-order valence-electron chi connectivity index (χ3n) is 2.26. The average Bonchev–Trinajstić information content (AvgIpc) is 2.48. The van der Waals surface area contributed by atoms with E-state index in [2.05, 4.69) is 10.0 Å². The molecule has 0 aliphatic carbocycles. The van der Waals surface area contributed by atoms with Crippen LogP contribution in [0.2, 0.25) is 0 Å². The summed E-state index contributed by atoms with van der Waals surface area (Å²) in [6, 6.07) is 0.612. The smallest absolute Gasteiger partial charge is 0.208 e. The van der Waals surface area contributed by atoms with Gasteiger partial charge in [0, 0.05) is 12.6 Å². The van der Waals surface area contributed by atoms with Crippen LogP contribution in [-0.2, 0) is 10.0 Å². The lowest BCUT2D eigenvalue weighted by Gasteiger charge is -2.09. The molecule has 2 N–H and O–H groups in total. The molecule has 1 saturated heterocycles. The highest BCUT2D eigenvalue weighted by Gasteiger charge is 2.12. The summed E-state index contributed by atoms with van der Waals surface area (Å²) in [6.45, 7) is 1.68. The number of hydrogen-bond acceptors (Lipinski definition) is 3. The third-order valence-corrected chi connectivity index (χ3v) is 2.98. The number of hydrogen-bond donors (Lipinski definition) is 2. The minimum absolute atomic E-state index is 0.566. The first-order valence-electron chi connectivity index (χ1n) is 4.76. The molecule has 1 fully saturated rings. The minimum atomic E-state index is -2.99. The zero-order chi connectivity index (χ0) is 9.73. The van der Waals surface area contributed by atoms with Crippen LogP contribution >= 0.6 is 0 Å². The first-order chi connectivity index (χ1) is 6.08. The lowest BCUT2D eigenvalue weighted by molar-refractivity contribution is 0.528. The minimum Gasteiger partial charge on any atom is -0.314 e. The molecule has 0 aromatic carbocycles. The molecule has 1 heterocycles. The van der Waals surface area contributed by atoms with E-state index in [1.807, 2.05) is 0 Å². The van der Waals surface area contributed by atoms with Gasteiger partial charge in [-0.05, 0) is 32.2 Å². The summed E-state index contributed by atoms with van der Waals surface area (Å²) < 4.78 is 23.9. The summed E-state index contributed by atoms with van der Waals surface area (Å²) in [4.78, 5) is 0. The van der Waals surface area contributed by atoms with E-state index in [4.69, 9.17) is 0 Å². The van der Waals surface area contributed by atoms with Gasteiger partial charge in [-0.15, -0.1) is 0 Å². The van der Waals surface area contributed by atoms with Gasteiger partial charge in [-0.25, -0.2) is 13.1 Å². The molecule has 0 aromatic heterocycles. The molecular formula is C8H18N2O2S. The molecular weight excluding hydrogens is 188 g/mol.